The summed E-state index contributed by atoms with van der Waals surface area (Å²) in [6, 6.07) is 1.46. The minimum atomic E-state index is -4.68. The summed E-state index contributed by atoms with van der Waals surface area (Å²) in [5, 5.41) is 10.6. The van der Waals surface area contributed by atoms with E-state index >= 15 is 0 Å². The van der Waals surface area contributed by atoms with Crippen molar-refractivity contribution in [2.75, 3.05) is 11.9 Å². The van der Waals surface area contributed by atoms with Crippen molar-refractivity contribution in [3.8, 4) is 10.7 Å². The Kier molecular flexibility index (Phi) is 4.60. The first-order valence-corrected chi connectivity index (χ1v) is 9.54. The summed E-state index contributed by atoms with van der Waals surface area (Å²) in [6.45, 7) is 4.54. The molecule has 4 rings (SSSR count). The number of thiophene rings is 1. The van der Waals surface area contributed by atoms with Gasteiger partial charge in [-0.15, -0.1) is 11.3 Å². The first kappa shape index (κ1) is 19.4. The molecule has 0 aromatic carbocycles. The predicted molar refractivity (Wildman–Crippen MR) is 98.4 cm³/mol. The molecular weight excluding hydrogens is 409 g/mol. The summed E-state index contributed by atoms with van der Waals surface area (Å²) >= 11 is 1.31. The maximum absolute atomic E-state index is 12.7. The van der Waals surface area contributed by atoms with E-state index in [1.807, 2.05) is 13.8 Å². The SMILES string of the molecule is Cc1nn(C)c(C)c1NC(=O)N1CCc2sc(-c3noc(C(F)(F)F)n3)cc2C1. The summed E-state index contributed by atoms with van der Waals surface area (Å²) in [7, 11) is 1.81. The molecule has 8 nitrogen and oxygen atoms in total. The van der Waals surface area contributed by atoms with Gasteiger partial charge in [0.1, 0.15) is 0 Å². The van der Waals surface area contributed by atoms with Crippen LogP contribution < -0.4 is 5.32 Å². The van der Waals surface area contributed by atoms with Gasteiger partial charge in [-0.3, -0.25) is 4.68 Å². The Morgan fingerprint density at radius 2 is 2.10 bits per heavy atom. The Hall–Kier alpha value is -2.89. The highest BCUT2D eigenvalue weighted by atomic mass is 32.1. The average Bonchev–Trinajstić information content (AvgIpc) is 3.35. The number of carbonyl (C=O) groups is 1. The van der Waals surface area contributed by atoms with E-state index in [2.05, 4.69) is 25.1 Å². The Balaban J connectivity index is 1.50. The van der Waals surface area contributed by atoms with Gasteiger partial charge in [0.05, 0.1) is 22.0 Å². The molecule has 0 saturated carbocycles. The number of nitrogens with one attached hydrogen (secondary N) is 1. The molecule has 1 N–H and O–H groups in total. The van der Waals surface area contributed by atoms with Crippen LogP contribution in [0.3, 0.4) is 0 Å². The number of alkyl halides is 3. The zero-order valence-corrected chi connectivity index (χ0v) is 16.6. The number of amides is 2. The maximum atomic E-state index is 12.7. The number of fused-ring (bicyclic) bond motifs is 1. The number of hydrogen-bond acceptors (Lipinski definition) is 6. The van der Waals surface area contributed by atoms with Crippen molar-refractivity contribution in [1.29, 1.82) is 0 Å². The number of hydrogen-bond donors (Lipinski definition) is 1. The second-order valence-corrected chi connectivity index (χ2v) is 7.89. The third-order valence-corrected chi connectivity index (χ3v) is 6.02. The second-order valence-electron chi connectivity index (χ2n) is 6.75. The zero-order chi connectivity index (χ0) is 20.9. The molecule has 0 unspecified atom stereocenters. The Morgan fingerprint density at radius 3 is 2.72 bits per heavy atom. The van der Waals surface area contributed by atoms with Gasteiger partial charge in [-0.05, 0) is 31.9 Å². The Morgan fingerprint density at radius 1 is 1.34 bits per heavy atom. The molecule has 29 heavy (non-hydrogen) atoms. The highest BCUT2D eigenvalue weighted by Crippen LogP contribution is 2.35. The van der Waals surface area contributed by atoms with Gasteiger partial charge in [-0.1, -0.05) is 5.16 Å². The summed E-state index contributed by atoms with van der Waals surface area (Å²) in [5.74, 6) is -1.48. The van der Waals surface area contributed by atoms with Crippen molar-refractivity contribution < 1.29 is 22.5 Å². The van der Waals surface area contributed by atoms with E-state index in [0.717, 1.165) is 21.8 Å². The van der Waals surface area contributed by atoms with E-state index in [1.54, 1.807) is 22.7 Å². The molecule has 0 atom stereocenters. The highest BCUT2D eigenvalue weighted by Gasteiger charge is 2.39. The first-order chi connectivity index (χ1) is 13.6. The van der Waals surface area contributed by atoms with Gasteiger partial charge >= 0.3 is 18.1 Å². The standard InChI is InChI=1S/C17H17F3N6O2S/c1-8-13(9(2)25(3)23-8)21-16(27)26-5-4-11-10(7-26)6-12(29-11)14-22-15(28-24-14)17(18,19)20/h6H,4-5,7H2,1-3H3,(H,21,27). The lowest BCUT2D eigenvalue weighted by atomic mass is 10.1. The molecule has 3 aromatic rings. The number of aromatic nitrogens is 4. The van der Waals surface area contributed by atoms with Crippen molar-refractivity contribution >= 4 is 23.1 Å². The van der Waals surface area contributed by atoms with Crippen LogP contribution >= 0.6 is 11.3 Å². The fourth-order valence-electron chi connectivity index (χ4n) is 3.20. The molecule has 2 amide bonds. The van der Waals surface area contributed by atoms with Crippen LogP contribution in [0.5, 0.6) is 0 Å². The molecule has 12 heteroatoms. The molecule has 0 saturated heterocycles. The van der Waals surface area contributed by atoms with Gasteiger partial charge < -0.3 is 14.7 Å². The summed E-state index contributed by atoms with van der Waals surface area (Å²) in [5.41, 5.74) is 3.13. The molecule has 1 aliphatic heterocycles. The van der Waals surface area contributed by atoms with Crippen molar-refractivity contribution in [2.24, 2.45) is 7.05 Å². The summed E-state index contributed by atoms with van der Waals surface area (Å²) in [4.78, 5) is 19.3. The lowest BCUT2D eigenvalue weighted by molar-refractivity contribution is -0.159. The van der Waals surface area contributed by atoms with Crippen LogP contribution in [0.25, 0.3) is 10.7 Å². The van der Waals surface area contributed by atoms with Crippen LogP contribution in [0, 0.1) is 13.8 Å². The maximum Gasteiger partial charge on any atom is 0.471 e. The monoisotopic (exact) mass is 426 g/mol. The number of rotatable bonds is 2. The molecule has 1 aliphatic rings. The normalized spacial score (nSPS) is 14.2. The molecular formula is C17H17F3N6O2S. The van der Waals surface area contributed by atoms with Crippen LogP contribution in [0.15, 0.2) is 10.6 Å². The minimum Gasteiger partial charge on any atom is -0.329 e. The second kappa shape index (κ2) is 6.87. The first-order valence-electron chi connectivity index (χ1n) is 8.72. The van der Waals surface area contributed by atoms with Crippen molar-refractivity contribution in [3.05, 3.63) is 33.8 Å². The van der Waals surface area contributed by atoms with Crippen LogP contribution in [0.1, 0.15) is 27.7 Å². The fraction of sp³-hybridized carbons (Fsp3) is 0.412. The molecule has 3 aromatic heterocycles. The van der Waals surface area contributed by atoms with Gasteiger partial charge in [-0.2, -0.15) is 23.3 Å². The third kappa shape index (κ3) is 3.59. The lowest BCUT2D eigenvalue weighted by Crippen LogP contribution is -2.38. The number of urea groups is 1. The average molecular weight is 426 g/mol. The fourth-order valence-corrected chi connectivity index (χ4v) is 4.28. The zero-order valence-electron chi connectivity index (χ0n) is 15.8. The van der Waals surface area contributed by atoms with Crippen LogP contribution in [-0.2, 0) is 26.2 Å². The number of aryl methyl sites for hydroxylation is 2. The van der Waals surface area contributed by atoms with Gasteiger partial charge in [0.25, 0.3) is 0 Å². The molecule has 0 spiro atoms. The molecule has 0 fully saturated rings. The minimum absolute atomic E-state index is 0.102. The topological polar surface area (TPSA) is 89.1 Å². The van der Waals surface area contributed by atoms with E-state index in [4.69, 9.17) is 0 Å². The third-order valence-electron chi connectivity index (χ3n) is 4.78. The van der Waals surface area contributed by atoms with Crippen LogP contribution in [0.4, 0.5) is 23.7 Å². The van der Waals surface area contributed by atoms with E-state index in [9.17, 15) is 18.0 Å². The lowest BCUT2D eigenvalue weighted by Gasteiger charge is -2.27. The van der Waals surface area contributed by atoms with Crippen LogP contribution in [-0.4, -0.2) is 37.4 Å². The molecule has 0 bridgehead atoms. The quantitative estimate of drug-likeness (QED) is 0.674. The van der Waals surface area contributed by atoms with Crippen molar-refractivity contribution in [1.82, 2.24) is 24.8 Å². The molecule has 154 valence electrons. The number of nitrogens with zero attached hydrogens (tertiary/aromatic N) is 5. The molecule has 0 aliphatic carbocycles. The van der Waals surface area contributed by atoms with Gasteiger partial charge in [0.15, 0.2) is 0 Å². The van der Waals surface area contributed by atoms with E-state index < -0.39 is 12.1 Å². The summed E-state index contributed by atoms with van der Waals surface area (Å²) in [6.07, 6.45) is -4.08. The number of halogens is 3. The van der Waals surface area contributed by atoms with Crippen molar-refractivity contribution in [3.63, 3.8) is 0 Å². The largest absolute Gasteiger partial charge is 0.471 e. The van der Waals surface area contributed by atoms with Gasteiger partial charge in [0, 0.05) is 25.0 Å². The van der Waals surface area contributed by atoms with Gasteiger partial charge in [0.2, 0.25) is 5.82 Å². The van der Waals surface area contributed by atoms with Crippen LogP contribution in [0.2, 0.25) is 0 Å². The van der Waals surface area contributed by atoms with E-state index in [1.165, 1.54) is 11.3 Å². The van der Waals surface area contributed by atoms with E-state index in [0.29, 0.717) is 30.1 Å². The van der Waals surface area contributed by atoms with E-state index in [-0.39, 0.29) is 11.9 Å². The number of carbonyl (C=O) groups excluding carboxylic acids is 1. The number of anilines is 1. The smallest absolute Gasteiger partial charge is 0.329 e. The summed E-state index contributed by atoms with van der Waals surface area (Å²) < 4.78 is 44.0. The predicted octanol–water partition coefficient (Wildman–Crippen LogP) is 3.76. The Labute approximate surface area is 167 Å². The molecule has 0 radical (unpaired) electrons. The highest BCUT2D eigenvalue weighted by molar-refractivity contribution is 7.15. The Bertz CT molecular complexity index is 1080. The van der Waals surface area contributed by atoms with Gasteiger partial charge in [-0.25, -0.2) is 4.79 Å². The van der Waals surface area contributed by atoms with Crippen molar-refractivity contribution in [2.45, 2.75) is 33.0 Å². The molecule has 4 heterocycles.